The minimum atomic E-state index is -3.45. The number of aromatic nitrogens is 2. The van der Waals surface area contributed by atoms with Gasteiger partial charge in [0, 0.05) is 12.2 Å². The summed E-state index contributed by atoms with van der Waals surface area (Å²) in [6.07, 6.45) is 7.16. The number of anilines is 1. The van der Waals surface area contributed by atoms with Gasteiger partial charge in [0.2, 0.25) is 5.88 Å². The van der Waals surface area contributed by atoms with Crippen molar-refractivity contribution in [2.45, 2.75) is 50.0 Å². The summed E-state index contributed by atoms with van der Waals surface area (Å²) in [6.45, 7) is 1.17. The highest BCUT2D eigenvalue weighted by atomic mass is 32.2. The molecule has 1 aromatic heterocycles. The number of nitrogens with zero attached hydrogens (tertiary/aromatic N) is 3. The van der Waals surface area contributed by atoms with Gasteiger partial charge in [-0.2, -0.15) is 5.10 Å². The number of hydrogen-bond acceptors (Lipinski definition) is 4. The molecule has 2 amide bonds. The lowest BCUT2D eigenvalue weighted by molar-refractivity contribution is 0.260. The van der Waals surface area contributed by atoms with Gasteiger partial charge in [0.05, 0.1) is 12.8 Å². The second kappa shape index (κ2) is 6.07. The number of benzene rings is 1. The van der Waals surface area contributed by atoms with E-state index in [2.05, 4.69) is 20.8 Å². The fourth-order valence-corrected chi connectivity index (χ4v) is 4.92. The van der Waals surface area contributed by atoms with Crippen molar-refractivity contribution in [3.05, 3.63) is 34.5 Å². The Kier molecular flexibility index (Phi) is 3.76. The first-order valence-corrected chi connectivity index (χ1v) is 10.8. The largest absolute Gasteiger partial charge is 0.477 e. The first kappa shape index (κ1) is 16.8. The van der Waals surface area contributed by atoms with Gasteiger partial charge in [-0.3, -0.25) is 0 Å². The van der Waals surface area contributed by atoms with Gasteiger partial charge in [0.15, 0.2) is 9.92 Å². The van der Waals surface area contributed by atoms with Crippen LogP contribution in [0.25, 0.3) is 0 Å². The molecule has 3 N–H and O–H groups in total. The summed E-state index contributed by atoms with van der Waals surface area (Å²) in [7, 11) is -3.45. The van der Waals surface area contributed by atoms with Crippen LogP contribution < -0.4 is 15.2 Å². The summed E-state index contributed by atoms with van der Waals surface area (Å²) >= 11 is 0. The molecule has 0 saturated heterocycles. The van der Waals surface area contributed by atoms with Gasteiger partial charge >= 0.3 is 6.03 Å². The van der Waals surface area contributed by atoms with Crippen LogP contribution in [0.2, 0.25) is 0 Å². The average Bonchev–Trinajstić information content (AvgIpc) is 2.82. The number of fused-ring (bicyclic) bond motifs is 3. The Labute approximate surface area is 157 Å². The number of nitrogens with two attached hydrogens (primary N) is 1. The second-order valence-electron chi connectivity index (χ2n) is 7.21. The van der Waals surface area contributed by atoms with Crippen LogP contribution >= 0.6 is 0 Å². The van der Waals surface area contributed by atoms with E-state index in [1.165, 1.54) is 28.5 Å². The zero-order valence-corrected chi connectivity index (χ0v) is 15.7. The maximum Gasteiger partial charge on any atom is 0.354 e. The van der Waals surface area contributed by atoms with Crippen LogP contribution in [-0.4, -0.2) is 26.6 Å². The van der Waals surface area contributed by atoms with E-state index in [0.29, 0.717) is 19.0 Å². The number of ether oxygens (including phenoxy) is 1. The first-order valence-electron chi connectivity index (χ1n) is 9.24. The monoisotopic (exact) mass is 387 g/mol. The van der Waals surface area contributed by atoms with Crippen LogP contribution in [0.15, 0.2) is 21.5 Å². The van der Waals surface area contributed by atoms with Crippen LogP contribution in [0.5, 0.6) is 5.88 Å². The van der Waals surface area contributed by atoms with Gasteiger partial charge in [-0.15, -0.1) is 4.36 Å². The summed E-state index contributed by atoms with van der Waals surface area (Å²) < 4.78 is 24.1. The summed E-state index contributed by atoms with van der Waals surface area (Å²) in [5.74, 6) is 0.351. The molecule has 27 heavy (non-hydrogen) atoms. The number of urea groups is 1. The molecule has 1 aliphatic heterocycles. The highest BCUT2D eigenvalue weighted by molar-refractivity contribution is 7.91. The molecule has 2 aliphatic carbocycles. The summed E-state index contributed by atoms with van der Waals surface area (Å²) in [5.41, 5.74) is 5.75. The lowest BCUT2D eigenvalue weighted by Gasteiger charge is -2.31. The van der Waals surface area contributed by atoms with Crippen molar-refractivity contribution >= 4 is 21.6 Å². The third-order valence-corrected chi connectivity index (χ3v) is 6.89. The molecular weight excluding hydrogens is 366 g/mol. The van der Waals surface area contributed by atoms with E-state index < -0.39 is 15.9 Å². The van der Waals surface area contributed by atoms with E-state index >= 15 is 0 Å². The lowest BCUT2D eigenvalue weighted by atomic mass is 9.76. The topological polar surface area (TPSA) is 112 Å². The van der Waals surface area contributed by atoms with Crippen LogP contribution in [0, 0.1) is 0 Å². The Bertz CT molecular complexity index is 1050. The number of carbonyl (C=O) groups is 1. The number of carbonyl (C=O) groups excluding carboxylic acids is 1. The normalized spacial score (nSPS) is 19.0. The van der Waals surface area contributed by atoms with Crippen molar-refractivity contribution in [3.63, 3.8) is 0 Å². The smallest absolute Gasteiger partial charge is 0.354 e. The Morgan fingerprint density at radius 3 is 2.63 bits per heavy atom. The predicted molar refractivity (Wildman–Crippen MR) is 100 cm³/mol. The van der Waals surface area contributed by atoms with Crippen molar-refractivity contribution in [1.82, 2.24) is 9.78 Å². The van der Waals surface area contributed by atoms with E-state index in [-0.39, 0.29) is 4.90 Å². The molecule has 0 spiro atoms. The van der Waals surface area contributed by atoms with E-state index in [4.69, 9.17) is 9.88 Å². The zero-order valence-electron chi connectivity index (χ0n) is 14.9. The second-order valence-corrected chi connectivity index (χ2v) is 8.97. The Balaban J connectivity index is 1.46. The SMILES string of the molecule is NS(=O)(=NC(=O)Nc1c2c(cc3c1CC3)CC2)c1cnn2c1OCCCC2. The van der Waals surface area contributed by atoms with E-state index in [9.17, 15) is 9.00 Å². The number of aryl methyl sites for hydroxylation is 3. The minimum absolute atomic E-state index is 0.175. The maximum atomic E-state index is 13.0. The standard InChI is InChI=1S/C18H21N5O3S/c19-27(25,15-10-20-23-7-1-2-8-26-17(15)23)22-18(24)21-16-13-5-3-11(13)9-12-4-6-14(12)16/h9-10H,1-8H2,(H3,19,21,22,24,25). The van der Waals surface area contributed by atoms with Crippen molar-refractivity contribution in [3.8, 4) is 5.88 Å². The van der Waals surface area contributed by atoms with E-state index in [0.717, 1.165) is 44.2 Å². The molecule has 1 atom stereocenters. The van der Waals surface area contributed by atoms with Gasteiger partial charge in [0.25, 0.3) is 0 Å². The van der Waals surface area contributed by atoms with Gasteiger partial charge < -0.3 is 10.1 Å². The van der Waals surface area contributed by atoms with Gasteiger partial charge in [-0.25, -0.2) is 18.8 Å². The number of hydrogen-bond donors (Lipinski definition) is 2. The molecule has 1 aromatic carbocycles. The molecule has 1 unspecified atom stereocenters. The Hall–Kier alpha value is -2.39. The summed E-state index contributed by atoms with van der Waals surface area (Å²) in [6, 6.07) is 1.54. The van der Waals surface area contributed by atoms with Crippen LogP contribution in [0.3, 0.4) is 0 Å². The Morgan fingerprint density at radius 2 is 1.96 bits per heavy atom. The predicted octanol–water partition coefficient (Wildman–Crippen LogP) is 2.19. The molecule has 0 radical (unpaired) electrons. The highest BCUT2D eigenvalue weighted by Gasteiger charge is 2.29. The van der Waals surface area contributed by atoms with Crippen molar-refractivity contribution in [1.29, 1.82) is 0 Å². The minimum Gasteiger partial charge on any atom is -0.477 e. The van der Waals surface area contributed by atoms with Crippen molar-refractivity contribution in [2.75, 3.05) is 11.9 Å². The summed E-state index contributed by atoms with van der Waals surface area (Å²) in [5, 5.41) is 13.0. The van der Waals surface area contributed by atoms with Gasteiger partial charge in [0.1, 0.15) is 4.90 Å². The van der Waals surface area contributed by atoms with Gasteiger partial charge in [-0.1, -0.05) is 6.07 Å². The van der Waals surface area contributed by atoms with Crippen LogP contribution in [0.4, 0.5) is 10.5 Å². The number of amides is 2. The fourth-order valence-electron chi connectivity index (χ4n) is 3.92. The molecule has 0 bridgehead atoms. The molecule has 2 aromatic rings. The lowest BCUT2D eigenvalue weighted by Crippen LogP contribution is -2.24. The molecule has 8 nitrogen and oxygen atoms in total. The number of nitrogens with one attached hydrogen (secondary N) is 1. The molecule has 0 saturated carbocycles. The van der Waals surface area contributed by atoms with Gasteiger partial charge in [-0.05, 0) is 60.8 Å². The molecular formula is C18H21N5O3S. The van der Waals surface area contributed by atoms with Crippen LogP contribution in [-0.2, 0) is 42.1 Å². The summed E-state index contributed by atoms with van der Waals surface area (Å²) in [4.78, 5) is 12.7. The average molecular weight is 387 g/mol. The third-order valence-electron chi connectivity index (χ3n) is 5.54. The third kappa shape index (κ3) is 2.72. The fraction of sp³-hybridized carbons (Fsp3) is 0.444. The molecule has 5 rings (SSSR count). The molecule has 9 heteroatoms. The molecule has 3 aliphatic rings. The van der Waals surface area contributed by atoms with Crippen molar-refractivity contribution in [2.24, 2.45) is 9.50 Å². The number of rotatable bonds is 2. The molecule has 142 valence electrons. The highest BCUT2D eigenvalue weighted by Crippen LogP contribution is 2.40. The maximum absolute atomic E-state index is 13.0. The van der Waals surface area contributed by atoms with Crippen LogP contribution in [0.1, 0.15) is 35.1 Å². The molecule has 2 heterocycles. The first-order chi connectivity index (χ1) is 13.0. The Morgan fingerprint density at radius 1 is 1.22 bits per heavy atom. The molecule has 0 fully saturated rings. The van der Waals surface area contributed by atoms with E-state index in [1.54, 1.807) is 4.68 Å². The zero-order chi connectivity index (χ0) is 18.6. The quantitative estimate of drug-likeness (QED) is 0.822. The van der Waals surface area contributed by atoms with Crippen molar-refractivity contribution < 1.29 is 13.7 Å². The van der Waals surface area contributed by atoms with E-state index in [1.807, 2.05) is 0 Å².